The maximum Gasteiger partial charge on any atom is 0.191 e. The molecule has 25 heavy (non-hydrogen) atoms. The predicted octanol–water partition coefficient (Wildman–Crippen LogP) is 3.18. The van der Waals surface area contributed by atoms with Gasteiger partial charge in [0.1, 0.15) is 5.75 Å². The first-order valence-electron chi connectivity index (χ1n) is 9.09. The van der Waals surface area contributed by atoms with Crippen LogP contribution in [0, 0.1) is 0 Å². The van der Waals surface area contributed by atoms with Crippen molar-refractivity contribution in [1.82, 2.24) is 10.6 Å². The number of rotatable bonds is 5. The molecule has 0 saturated carbocycles. The molecule has 0 radical (unpaired) electrons. The molecule has 1 aliphatic rings. The molecule has 3 N–H and O–H groups in total. The maximum absolute atomic E-state index is 10.3. The lowest BCUT2D eigenvalue weighted by Crippen LogP contribution is -2.38. The van der Waals surface area contributed by atoms with Crippen molar-refractivity contribution in [3.05, 3.63) is 64.7 Å². The van der Waals surface area contributed by atoms with Crippen LogP contribution >= 0.6 is 0 Å². The zero-order valence-electron chi connectivity index (χ0n) is 14.9. The van der Waals surface area contributed by atoms with Gasteiger partial charge in [-0.1, -0.05) is 36.4 Å². The third-order valence-corrected chi connectivity index (χ3v) is 4.83. The number of phenols is 1. The highest BCUT2D eigenvalue weighted by Crippen LogP contribution is 2.30. The fourth-order valence-corrected chi connectivity index (χ4v) is 3.45. The average molecular weight is 337 g/mol. The number of hydrogen-bond acceptors (Lipinski definition) is 2. The summed E-state index contributed by atoms with van der Waals surface area (Å²) in [6.07, 6.45) is 5.57. The summed E-state index contributed by atoms with van der Waals surface area (Å²) in [6.45, 7) is 1.42. The summed E-state index contributed by atoms with van der Waals surface area (Å²) in [4.78, 5) is 4.29. The van der Waals surface area contributed by atoms with Gasteiger partial charge >= 0.3 is 0 Å². The highest BCUT2D eigenvalue weighted by Gasteiger charge is 2.16. The van der Waals surface area contributed by atoms with Crippen molar-refractivity contribution >= 4 is 5.96 Å². The van der Waals surface area contributed by atoms with Gasteiger partial charge in [0, 0.05) is 25.7 Å². The van der Waals surface area contributed by atoms with Gasteiger partial charge in [-0.3, -0.25) is 4.99 Å². The lowest BCUT2D eigenvalue weighted by molar-refractivity contribution is 0.464. The number of guanidine groups is 1. The zero-order chi connectivity index (χ0) is 17.5. The van der Waals surface area contributed by atoms with Crippen LogP contribution in [0.5, 0.6) is 5.75 Å². The third-order valence-electron chi connectivity index (χ3n) is 4.83. The fraction of sp³-hybridized carbons (Fsp3) is 0.381. The smallest absolute Gasteiger partial charge is 0.191 e. The minimum absolute atomic E-state index is 0.382. The van der Waals surface area contributed by atoms with E-state index in [1.54, 1.807) is 7.05 Å². The van der Waals surface area contributed by atoms with Crippen LogP contribution < -0.4 is 10.6 Å². The van der Waals surface area contributed by atoms with Crippen molar-refractivity contribution in [3.8, 4) is 5.75 Å². The Morgan fingerprint density at radius 3 is 2.64 bits per heavy atom. The van der Waals surface area contributed by atoms with Gasteiger partial charge in [-0.05, 0) is 54.9 Å². The molecule has 3 rings (SSSR count). The first kappa shape index (κ1) is 17.3. The van der Waals surface area contributed by atoms with Crippen LogP contribution in [-0.2, 0) is 25.8 Å². The minimum Gasteiger partial charge on any atom is -0.508 e. The molecule has 132 valence electrons. The molecule has 0 unspecified atom stereocenters. The quantitative estimate of drug-likeness (QED) is 0.580. The van der Waals surface area contributed by atoms with E-state index in [4.69, 9.17) is 0 Å². The number of nitrogens with zero attached hydrogens (tertiary/aromatic N) is 1. The molecule has 0 aromatic heterocycles. The highest BCUT2D eigenvalue weighted by molar-refractivity contribution is 5.79. The van der Waals surface area contributed by atoms with Crippen molar-refractivity contribution in [2.24, 2.45) is 4.99 Å². The van der Waals surface area contributed by atoms with Gasteiger partial charge < -0.3 is 15.7 Å². The molecular formula is C21H27N3O. The number of phenolic OH excluding ortho intramolecular Hbond substituents is 1. The van der Waals surface area contributed by atoms with Crippen LogP contribution in [0.15, 0.2) is 47.5 Å². The van der Waals surface area contributed by atoms with E-state index in [1.807, 2.05) is 12.1 Å². The molecule has 1 aliphatic carbocycles. The molecule has 0 bridgehead atoms. The Bertz CT molecular complexity index is 725. The van der Waals surface area contributed by atoms with Crippen LogP contribution in [0.2, 0.25) is 0 Å². The van der Waals surface area contributed by atoms with E-state index in [-0.39, 0.29) is 0 Å². The van der Waals surface area contributed by atoms with Gasteiger partial charge in [-0.2, -0.15) is 0 Å². The summed E-state index contributed by atoms with van der Waals surface area (Å²) >= 11 is 0. The van der Waals surface area contributed by atoms with Crippen LogP contribution in [0.1, 0.15) is 35.1 Å². The summed E-state index contributed by atoms with van der Waals surface area (Å²) in [5, 5.41) is 17.0. The number of nitrogens with one attached hydrogen (secondary N) is 2. The first-order chi connectivity index (χ1) is 12.3. The van der Waals surface area contributed by atoms with E-state index in [1.165, 1.54) is 29.5 Å². The van der Waals surface area contributed by atoms with E-state index >= 15 is 0 Å². The number of aliphatic imine (C=N–C) groups is 1. The van der Waals surface area contributed by atoms with Gasteiger partial charge in [0.2, 0.25) is 0 Å². The second kappa shape index (κ2) is 8.56. The van der Waals surface area contributed by atoms with Gasteiger partial charge in [-0.15, -0.1) is 0 Å². The SMILES string of the molecule is CN=C(NCCc1ccccc1)NCc1c(O)ccc2c1CCCC2. The summed E-state index contributed by atoms with van der Waals surface area (Å²) in [7, 11) is 1.78. The van der Waals surface area contributed by atoms with Gasteiger partial charge in [0.25, 0.3) is 0 Å². The number of aryl methyl sites for hydroxylation is 1. The van der Waals surface area contributed by atoms with Crippen LogP contribution in [0.4, 0.5) is 0 Å². The van der Waals surface area contributed by atoms with Gasteiger partial charge in [0.05, 0.1) is 0 Å². The monoisotopic (exact) mass is 337 g/mol. The van der Waals surface area contributed by atoms with Crippen molar-refractivity contribution in [2.45, 2.75) is 38.6 Å². The summed E-state index contributed by atoms with van der Waals surface area (Å²) in [6, 6.07) is 14.3. The molecule has 0 fully saturated rings. The Kier molecular flexibility index (Phi) is 5.94. The van der Waals surface area contributed by atoms with Crippen molar-refractivity contribution in [3.63, 3.8) is 0 Å². The summed E-state index contributed by atoms with van der Waals surface area (Å²) in [5.41, 5.74) is 5.02. The predicted molar refractivity (Wildman–Crippen MR) is 103 cm³/mol. The number of hydrogen-bond donors (Lipinski definition) is 3. The molecule has 4 heteroatoms. The first-order valence-corrected chi connectivity index (χ1v) is 9.09. The van der Waals surface area contributed by atoms with Gasteiger partial charge in [0.15, 0.2) is 5.96 Å². The van der Waals surface area contributed by atoms with E-state index in [0.717, 1.165) is 37.3 Å². The summed E-state index contributed by atoms with van der Waals surface area (Å²) in [5.74, 6) is 1.15. The van der Waals surface area contributed by atoms with Crippen molar-refractivity contribution in [1.29, 1.82) is 0 Å². The molecule has 2 aromatic rings. The van der Waals surface area contributed by atoms with Crippen molar-refractivity contribution in [2.75, 3.05) is 13.6 Å². The van der Waals surface area contributed by atoms with E-state index < -0.39 is 0 Å². The Morgan fingerprint density at radius 2 is 1.84 bits per heavy atom. The molecule has 0 aliphatic heterocycles. The number of fused-ring (bicyclic) bond motifs is 1. The Morgan fingerprint density at radius 1 is 1.04 bits per heavy atom. The zero-order valence-corrected chi connectivity index (χ0v) is 14.9. The number of aromatic hydroxyl groups is 1. The van der Waals surface area contributed by atoms with Gasteiger partial charge in [-0.25, -0.2) is 0 Å². The van der Waals surface area contributed by atoms with Crippen molar-refractivity contribution < 1.29 is 5.11 Å². The Hall–Kier alpha value is -2.49. The molecule has 0 heterocycles. The molecule has 0 spiro atoms. The summed E-state index contributed by atoms with van der Waals surface area (Å²) < 4.78 is 0. The maximum atomic E-state index is 10.3. The standard InChI is InChI=1S/C21H27N3O/c1-22-21(23-14-13-16-7-3-2-4-8-16)24-15-19-18-10-6-5-9-17(18)11-12-20(19)25/h2-4,7-8,11-12,25H,5-6,9-10,13-15H2,1H3,(H2,22,23,24). The topological polar surface area (TPSA) is 56.7 Å². The second-order valence-electron chi connectivity index (χ2n) is 6.50. The van der Waals surface area contributed by atoms with Crippen LogP contribution in [0.25, 0.3) is 0 Å². The Labute approximate surface area is 150 Å². The Balaban J connectivity index is 1.56. The normalized spacial score (nSPS) is 14.0. The van der Waals surface area contributed by atoms with E-state index in [0.29, 0.717) is 12.3 Å². The molecule has 4 nitrogen and oxygen atoms in total. The lowest BCUT2D eigenvalue weighted by atomic mass is 9.88. The third kappa shape index (κ3) is 4.53. The molecule has 0 atom stereocenters. The highest BCUT2D eigenvalue weighted by atomic mass is 16.3. The van der Waals surface area contributed by atoms with Crippen LogP contribution in [0.3, 0.4) is 0 Å². The van der Waals surface area contributed by atoms with Crippen LogP contribution in [-0.4, -0.2) is 24.7 Å². The molecule has 0 amide bonds. The molecular weight excluding hydrogens is 310 g/mol. The average Bonchev–Trinajstić information content (AvgIpc) is 2.66. The fourth-order valence-electron chi connectivity index (χ4n) is 3.45. The molecule has 2 aromatic carbocycles. The van der Waals surface area contributed by atoms with E-state index in [9.17, 15) is 5.11 Å². The molecule has 0 saturated heterocycles. The lowest BCUT2D eigenvalue weighted by Gasteiger charge is -2.21. The second-order valence-corrected chi connectivity index (χ2v) is 6.50. The largest absolute Gasteiger partial charge is 0.508 e. The number of benzene rings is 2. The minimum atomic E-state index is 0.382. The van der Waals surface area contributed by atoms with E-state index in [2.05, 4.69) is 46.0 Å².